The van der Waals surface area contributed by atoms with Crippen LogP contribution in [-0.2, 0) is 16.0 Å². The summed E-state index contributed by atoms with van der Waals surface area (Å²) in [6.45, 7) is 0. The molecule has 0 spiro atoms. The summed E-state index contributed by atoms with van der Waals surface area (Å²) < 4.78 is 0. The Labute approximate surface area is 110 Å². The van der Waals surface area contributed by atoms with E-state index in [0.717, 1.165) is 5.56 Å². The van der Waals surface area contributed by atoms with E-state index < -0.39 is 12.1 Å². The highest BCUT2D eigenvalue weighted by Crippen LogP contribution is 2.12. The van der Waals surface area contributed by atoms with Crippen LogP contribution in [0.15, 0.2) is 24.3 Å². The molecule has 1 heterocycles. The lowest BCUT2D eigenvalue weighted by Gasteiger charge is -2.28. The zero-order valence-electron chi connectivity index (χ0n) is 9.59. The van der Waals surface area contributed by atoms with E-state index in [0.29, 0.717) is 6.42 Å². The topological polar surface area (TPSA) is 78.4 Å². The summed E-state index contributed by atoms with van der Waals surface area (Å²) in [5.41, 5.74) is 0.873. The zero-order chi connectivity index (χ0) is 13.1. The van der Waals surface area contributed by atoms with E-state index in [9.17, 15) is 9.59 Å². The first-order chi connectivity index (χ1) is 8.60. The molecule has 0 aliphatic carbocycles. The van der Waals surface area contributed by atoms with Gasteiger partial charge in [0.2, 0.25) is 11.8 Å². The minimum atomic E-state index is -0.571. The largest absolute Gasteiger partial charge is 0.508 e. The van der Waals surface area contributed by atoms with E-state index in [-0.39, 0.29) is 23.3 Å². The molecular weight excluding hydrogens is 252 g/mol. The number of amides is 2. The molecule has 1 aromatic rings. The van der Waals surface area contributed by atoms with Crippen LogP contribution in [0.2, 0.25) is 0 Å². The van der Waals surface area contributed by atoms with Gasteiger partial charge in [-0.1, -0.05) is 12.1 Å². The summed E-state index contributed by atoms with van der Waals surface area (Å²) in [7, 11) is 0. The van der Waals surface area contributed by atoms with Gasteiger partial charge in [0.25, 0.3) is 0 Å². The molecule has 0 aromatic heterocycles. The van der Waals surface area contributed by atoms with E-state index in [1.165, 1.54) is 0 Å². The van der Waals surface area contributed by atoms with Crippen molar-refractivity contribution in [2.75, 3.05) is 5.75 Å². The molecule has 3 N–H and O–H groups in total. The Bertz CT molecular complexity index is 461. The van der Waals surface area contributed by atoms with Crippen LogP contribution in [0.3, 0.4) is 0 Å². The maximum absolute atomic E-state index is 11.8. The van der Waals surface area contributed by atoms with Crippen molar-refractivity contribution in [1.29, 1.82) is 0 Å². The quantitative estimate of drug-likeness (QED) is 0.574. The number of carbonyl (C=O) groups is 2. The van der Waals surface area contributed by atoms with Crippen LogP contribution in [0.4, 0.5) is 0 Å². The molecule has 0 saturated carbocycles. The number of piperazine rings is 1. The maximum atomic E-state index is 11.8. The summed E-state index contributed by atoms with van der Waals surface area (Å²) in [4.78, 5) is 23.4. The van der Waals surface area contributed by atoms with Crippen molar-refractivity contribution >= 4 is 24.4 Å². The summed E-state index contributed by atoms with van der Waals surface area (Å²) in [6, 6.07) is 5.41. The monoisotopic (exact) mass is 266 g/mol. The van der Waals surface area contributed by atoms with Crippen molar-refractivity contribution in [2.24, 2.45) is 0 Å². The molecule has 0 radical (unpaired) electrons. The van der Waals surface area contributed by atoms with Gasteiger partial charge in [0.1, 0.15) is 17.8 Å². The number of thiol groups is 1. The molecule has 1 aliphatic heterocycles. The lowest BCUT2D eigenvalue weighted by Crippen LogP contribution is -2.62. The third-order valence-corrected chi connectivity index (χ3v) is 3.19. The van der Waals surface area contributed by atoms with Gasteiger partial charge in [0, 0.05) is 12.2 Å². The van der Waals surface area contributed by atoms with Crippen LogP contribution in [0.1, 0.15) is 5.56 Å². The Kier molecular flexibility index (Phi) is 3.76. The third-order valence-electron chi connectivity index (χ3n) is 2.82. The molecule has 2 atom stereocenters. The van der Waals surface area contributed by atoms with Crippen LogP contribution in [-0.4, -0.2) is 34.8 Å². The lowest BCUT2D eigenvalue weighted by molar-refractivity contribution is -0.136. The van der Waals surface area contributed by atoms with Gasteiger partial charge < -0.3 is 15.7 Å². The van der Waals surface area contributed by atoms with E-state index in [1.54, 1.807) is 24.3 Å². The van der Waals surface area contributed by atoms with Crippen molar-refractivity contribution < 1.29 is 14.7 Å². The van der Waals surface area contributed by atoms with Crippen molar-refractivity contribution in [3.63, 3.8) is 0 Å². The Balaban J connectivity index is 2.04. The van der Waals surface area contributed by atoms with Gasteiger partial charge in [-0.3, -0.25) is 9.59 Å². The molecule has 0 bridgehead atoms. The minimum Gasteiger partial charge on any atom is -0.508 e. The molecular formula is C12H14N2O3S. The molecule has 2 amide bonds. The average molecular weight is 266 g/mol. The normalized spacial score (nSPS) is 23.4. The molecule has 0 unspecified atom stereocenters. The first-order valence-electron chi connectivity index (χ1n) is 5.59. The van der Waals surface area contributed by atoms with Crippen LogP contribution in [0.5, 0.6) is 5.75 Å². The number of aromatic hydroxyl groups is 1. The molecule has 1 saturated heterocycles. The average Bonchev–Trinajstić information content (AvgIpc) is 2.36. The predicted molar refractivity (Wildman–Crippen MR) is 69.5 cm³/mol. The first-order valence-corrected chi connectivity index (χ1v) is 6.23. The number of phenols is 1. The third kappa shape index (κ3) is 2.76. The molecule has 1 aromatic carbocycles. The molecule has 96 valence electrons. The van der Waals surface area contributed by atoms with E-state index in [2.05, 4.69) is 23.3 Å². The van der Waals surface area contributed by atoms with Crippen LogP contribution in [0, 0.1) is 0 Å². The Morgan fingerprint density at radius 3 is 2.22 bits per heavy atom. The van der Waals surface area contributed by atoms with Gasteiger partial charge in [-0.25, -0.2) is 0 Å². The standard InChI is InChI=1S/C12H14N2O3S/c15-8-3-1-7(2-4-8)5-9-11(16)14-10(6-18)12(17)13-9/h1-4,9-10,15,18H,5-6H2,(H,13,17)(H,14,16)/t9-,10-/m0/s1. The van der Waals surface area contributed by atoms with E-state index >= 15 is 0 Å². The van der Waals surface area contributed by atoms with E-state index in [4.69, 9.17) is 5.11 Å². The SMILES string of the molecule is O=C1N[C@@H](Cc2ccc(O)cc2)C(=O)N[C@H]1CS. The molecule has 18 heavy (non-hydrogen) atoms. The highest BCUT2D eigenvalue weighted by molar-refractivity contribution is 7.80. The number of benzene rings is 1. The van der Waals surface area contributed by atoms with Crippen LogP contribution in [0.25, 0.3) is 0 Å². The molecule has 5 nitrogen and oxygen atoms in total. The van der Waals surface area contributed by atoms with Crippen molar-refractivity contribution in [2.45, 2.75) is 18.5 Å². The second kappa shape index (κ2) is 5.30. The highest BCUT2D eigenvalue weighted by Gasteiger charge is 2.32. The summed E-state index contributed by atoms with van der Waals surface area (Å²) >= 11 is 4.00. The van der Waals surface area contributed by atoms with Crippen molar-refractivity contribution in [3.8, 4) is 5.75 Å². The number of rotatable bonds is 3. The molecule has 2 rings (SSSR count). The van der Waals surface area contributed by atoms with Gasteiger partial charge in [0.15, 0.2) is 0 Å². The Morgan fingerprint density at radius 1 is 1.06 bits per heavy atom. The fourth-order valence-electron chi connectivity index (χ4n) is 1.82. The molecule has 1 fully saturated rings. The minimum absolute atomic E-state index is 0.172. The van der Waals surface area contributed by atoms with Gasteiger partial charge in [-0.2, -0.15) is 12.6 Å². The summed E-state index contributed by atoms with van der Waals surface area (Å²) in [5, 5.41) is 14.5. The van der Waals surface area contributed by atoms with Crippen molar-refractivity contribution in [3.05, 3.63) is 29.8 Å². The Hall–Kier alpha value is -1.69. The smallest absolute Gasteiger partial charge is 0.244 e. The number of nitrogens with one attached hydrogen (secondary N) is 2. The van der Waals surface area contributed by atoms with Crippen LogP contribution < -0.4 is 10.6 Å². The highest BCUT2D eigenvalue weighted by atomic mass is 32.1. The second-order valence-corrected chi connectivity index (χ2v) is 4.54. The van der Waals surface area contributed by atoms with Gasteiger partial charge >= 0.3 is 0 Å². The number of hydrogen-bond acceptors (Lipinski definition) is 4. The fourth-order valence-corrected chi connectivity index (χ4v) is 2.07. The predicted octanol–water partition coefficient (Wildman–Crippen LogP) is -0.152. The molecule has 1 aliphatic rings. The summed E-state index contributed by atoms with van der Waals surface area (Å²) in [5.74, 6) is 0.0323. The molecule has 6 heteroatoms. The van der Waals surface area contributed by atoms with Crippen LogP contribution >= 0.6 is 12.6 Å². The fraction of sp³-hybridized carbons (Fsp3) is 0.333. The van der Waals surface area contributed by atoms with Crippen molar-refractivity contribution in [1.82, 2.24) is 10.6 Å². The number of carbonyl (C=O) groups excluding carboxylic acids is 2. The van der Waals surface area contributed by atoms with Gasteiger partial charge in [0.05, 0.1) is 0 Å². The number of hydrogen-bond donors (Lipinski definition) is 4. The second-order valence-electron chi connectivity index (χ2n) is 4.18. The number of phenolic OH excluding ortho intramolecular Hbond substituents is 1. The van der Waals surface area contributed by atoms with Gasteiger partial charge in [-0.15, -0.1) is 0 Å². The zero-order valence-corrected chi connectivity index (χ0v) is 10.5. The summed E-state index contributed by atoms with van der Waals surface area (Å²) in [6.07, 6.45) is 0.400. The lowest BCUT2D eigenvalue weighted by atomic mass is 10.0. The Morgan fingerprint density at radius 2 is 1.61 bits per heavy atom. The first kappa shape index (κ1) is 12.8. The maximum Gasteiger partial charge on any atom is 0.244 e. The van der Waals surface area contributed by atoms with E-state index in [1.807, 2.05) is 0 Å². The van der Waals surface area contributed by atoms with Gasteiger partial charge in [-0.05, 0) is 17.7 Å².